The van der Waals surface area contributed by atoms with Crippen molar-refractivity contribution in [3.63, 3.8) is 0 Å². The third kappa shape index (κ3) is 3.48. The van der Waals surface area contributed by atoms with E-state index < -0.39 is 0 Å². The molecule has 102 valence electrons. The molecule has 1 unspecified atom stereocenters. The Hall–Kier alpha value is -2.01. The van der Waals surface area contributed by atoms with Gasteiger partial charge >= 0.3 is 5.69 Å². The normalized spacial score (nSPS) is 12.3. The first-order valence-electron chi connectivity index (χ1n) is 6.30. The molecular weight excluding hydrogens is 242 g/mol. The molecule has 0 fully saturated rings. The zero-order valence-corrected chi connectivity index (χ0v) is 11.2. The topological polar surface area (TPSA) is 59.0 Å². The van der Waals surface area contributed by atoms with E-state index in [9.17, 15) is 4.79 Å². The summed E-state index contributed by atoms with van der Waals surface area (Å²) in [5.74, 6) is 0.456. The molecule has 0 aliphatic carbocycles. The number of nitrogens with one attached hydrogen (secondary N) is 2. The zero-order chi connectivity index (χ0) is 13.7. The molecule has 0 saturated heterocycles. The minimum absolute atomic E-state index is 0.130. The molecule has 1 heterocycles. The summed E-state index contributed by atoms with van der Waals surface area (Å²) in [6.07, 6.45) is 3.34. The van der Waals surface area contributed by atoms with Crippen molar-refractivity contribution in [3.05, 3.63) is 47.1 Å². The number of aromatic amines is 1. The van der Waals surface area contributed by atoms with Crippen LogP contribution in [0.3, 0.4) is 0 Å². The van der Waals surface area contributed by atoms with E-state index in [2.05, 4.69) is 17.2 Å². The Morgan fingerprint density at radius 1 is 1.37 bits per heavy atom. The average Bonchev–Trinajstić information content (AvgIpc) is 2.84. The first-order valence-corrected chi connectivity index (χ1v) is 6.30. The molecule has 0 bridgehead atoms. The van der Waals surface area contributed by atoms with Gasteiger partial charge in [0, 0.05) is 31.7 Å². The molecule has 1 aromatic carbocycles. The Balaban J connectivity index is 1.99. The van der Waals surface area contributed by atoms with Gasteiger partial charge in [-0.2, -0.15) is 0 Å². The highest BCUT2D eigenvalue weighted by Crippen LogP contribution is 2.12. The molecule has 0 radical (unpaired) electrons. The van der Waals surface area contributed by atoms with Crippen molar-refractivity contribution in [2.24, 2.45) is 5.92 Å². The number of nitrogens with zero attached hydrogens (tertiary/aromatic N) is 1. The van der Waals surface area contributed by atoms with Gasteiger partial charge < -0.3 is 15.0 Å². The molecule has 2 rings (SSSR count). The van der Waals surface area contributed by atoms with Crippen molar-refractivity contribution in [3.8, 4) is 5.69 Å². The van der Waals surface area contributed by atoms with Crippen LogP contribution in [0.4, 0.5) is 5.69 Å². The summed E-state index contributed by atoms with van der Waals surface area (Å²) in [7, 11) is 1.71. The minimum Gasteiger partial charge on any atom is -0.385 e. The molecule has 1 aromatic heterocycles. The zero-order valence-electron chi connectivity index (χ0n) is 11.2. The molecule has 0 spiro atoms. The first-order chi connectivity index (χ1) is 9.20. The van der Waals surface area contributed by atoms with Gasteiger partial charge in [0.05, 0.1) is 12.3 Å². The number of rotatable bonds is 6. The summed E-state index contributed by atoms with van der Waals surface area (Å²) < 4.78 is 6.66. The lowest BCUT2D eigenvalue weighted by atomic mass is 10.2. The molecule has 1 atom stereocenters. The molecule has 0 aliphatic heterocycles. The number of hydrogen-bond acceptors (Lipinski definition) is 3. The molecule has 0 saturated carbocycles. The number of anilines is 1. The van der Waals surface area contributed by atoms with E-state index in [1.165, 1.54) is 0 Å². The van der Waals surface area contributed by atoms with Crippen LogP contribution in [0.1, 0.15) is 6.92 Å². The second kappa shape index (κ2) is 6.24. The fourth-order valence-corrected chi connectivity index (χ4v) is 1.90. The minimum atomic E-state index is -0.130. The maximum absolute atomic E-state index is 11.5. The Bertz CT molecular complexity index is 557. The predicted octanol–water partition coefficient (Wildman–Crippen LogP) is 1.86. The van der Waals surface area contributed by atoms with Gasteiger partial charge in [-0.15, -0.1) is 0 Å². The van der Waals surface area contributed by atoms with Crippen molar-refractivity contribution >= 4 is 5.69 Å². The maximum Gasteiger partial charge on any atom is 0.330 e. The molecule has 19 heavy (non-hydrogen) atoms. The molecule has 5 heteroatoms. The summed E-state index contributed by atoms with van der Waals surface area (Å²) >= 11 is 0. The third-order valence-electron chi connectivity index (χ3n) is 2.90. The predicted molar refractivity (Wildman–Crippen MR) is 75.9 cm³/mol. The van der Waals surface area contributed by atoms with E-state index in [1.54, 1.807) is 24.1 Å². The molecule has 0 amide bonds. The number of hydrogen-bond donors (Lipinski definition) is 2. The molecule has 0 aliphatic rings. The Kier molecular flexibility index (Phi) is 4.41. The van der Waals surface area contributed by atoms with Crippen molar-refractivity contribution in [2.45, 2.75) is 6.92 Å². The molecule has 2 N–H and O–H groups in total. The van der Waals surface area contributed by atoms with Crippen LogP contribution < -0.4 is 11.0 Å². The summed E-state index contributed by atoms with van der Waals surface area (Å²) in [5.41, 5.74) is 1.76. The Labute approximate surface area is 112 Å². The van der Waals surface area contributed by atoms with Crippen LogP contribution in [0.5, 0.6) is 0 Å². The number of aromatic nitrogens is 2. The monoisotopic (exact) mass is 261 g/mol. The van der Waals surface area contributed by atoms with Gasteiger partial charge in [-0.25, -0.2) is 4.79 Å². The lowest BCUT2D eigenvalue weighted by molar-refractivity contribution is 0.164. The van der Waals surface area contributed by atoms with Gasteiger partial charge in [-0.05, 0) is 30.2 Å². The number of imidazole rings is 1. The average molecular weight is 261 g/mol. The van der Waals surface area contributed by atoms with Crippen LogP contribution in [0.15, 0.2) is 41.5 Å². The van der Waals surface area contributed by atoms with Crippen LogP contribution in [0, 0.1) is 5.92 Å². The van der Waals surface area contributed by atoms with E-state index >= 15 is 0 Å². The maximum atomic E-state index is 11.5. The molecule has 5 nitrogen and oxygen atoms in total. The lowest BCUT2D eigenvalue weighted by Crippen LogP contribution is -2.16. The lowest BCUT2D eigenvalue weighted by Gasteiger charge is -2.12. The van der Waals surface area contributed by atoms with E-state index in [4.69, 9.17) is 4.74 Å². The van der Waals surface area contributed by atoms with Crippen molar-refractivity contribution < 1.29 is 4.74 Å². The van der Waals surface area contributed by atoms with Crippen LogP contribution in [0.25, 0.3) is 5.69 Å². The van der Waals surface area contributed by atoms with Crippen LogP contribution >= 0.6 is 0 Å². The van der Waals surface area contributed by atoms with Crippen molar-refractivity contribution in [1.29, 1.82) is 0 Å². The SMILES string of the molecule is COCC(C)CNc1ccc(-n2cc[nH]c2=O)cc1. The van der Waals surface area contributed by atoms with Gasteiger partial charge in [0.2, 0.25) is 0 Å². The number of methoxy groups -OCH3 is 1. The van der Waals surface area contributed by atoms with Gasteiger partial charge in [0.1, 0.15) is 0 Å². The van der Waals surface area contributed by atoms with E-state index in [-0.39, 0.29) is 5.69 Å². The smallest absolute Gasteiger partial charge is 0.330 e. The fraction of sp³-hybridized carbons (Fsp3) is 0.357. The van der Waals surface area contributed by atoms with Gasteiger partial charge in [0.25, 0.3) is 0 Å². The Morgan fingerprint density at radius 3 is 2.68 bits per heavy atom. The van der Waals surface area contributed by atoms with Crippen LogP contribution in [-0.2, 0) is 4.74 Å². The van der Waals surface area contributed by atoms with E-state index in [0.29, 0.717) is 5.92 Å². The summed E-state index contributed by atoms with van der Waals surface area (Å²) in [6, 6.07) is 7.76. The standard InChI is InChI=1S/C14H19N3O2/c1-11(10-19-2)9-16-12-3-5-13(6-4-12)17-8-7-15-14(17)18/h3-8,11,16H,9-10H2,1-2H3,(H,15,18). The second-order valence-corrected chi connectivity index (χ2v) is 4.62. The summed E-state index contributed by atoms with van der Waals surface area (Å²) in [5, 5.41) is 3.34. The summed E-state index contributed by atoms with van der Waals surface area (Å²) in [6.45, 7) is 3.73. The number of ether oxygens (including phenoxy) is 1. The number of H-pyrrole nitrogens is 1. The van der Waals surface area contributed by atoms with Gasteiger partial charge in [-0.3, -0.25) is 4.57 Å². The molecular formula is C14H19N3O2. The summed E-state index contributed by atoms with van der Waals surface area (Å²) in [4.78, 5) is 14.1. The van der Waals surface area contributed by atoms with Crippen molar-refractivity contribution in [2.75, 3.05) is 25.6 Å². The quantitative estimate of drug-likeness (QED) is 0.834. The highest BCUT2D eigenvalue weighted by atomic mass is 16.5. The first kappa shape index (κ1) is 13.4. The highest BCUT2D eigenvalue weighted by molar-refractivity contribution is 5.48. The Morgan fingerprint density at radius 2 is 2.11 bits per heavy atom. The van der Waals surface area contributed by atoms with Crippen LogP contribution in [0.2, 0.25) is 0 Å². The molecule has 2 aromatic rings. The number of benzene rings is 1. The van der Waals surface area contributed by atoms with Crippen LogP contribution in [-0.4, -0.2) is 29.8 Å². The largest absolute Gasteiger partial charge is 0.385 e. The second-order valence-electron chi connectivity index (χ2n) is 4.62. The third-order valence-corrected chi connectivity index (χ3v) is 2.90. The van der Waals surface area contributed by atoms with Gasteiger partial charge in [0.15, 0.2) is 0 Å². The van der Waals surface area contributed by atoms with E-state index in [1.807, 2.05) is 24.3 Å². The van der Waals surface area contributed by atoms with Gasteiger partial charge in [-0.1, -0.05) is 6.92 Å². The van der Waals surface area contributed by atoms with Crippen molar-refractivity contribution in [1.82, 2.24) is 9.55 Å². The highest BCUT2D eigenvalue weighted by Gasteiger charge is 2.02. The van der Waals surface area contributed by atoms with E-state index in [0.717, 1.165) is 24.5 Å². The fourth-order valence-electron chi connectivity index (χ4n) is 1.90.